The first-order valence-electron chi connectivity index (χ1n) is 10.7. The molecule has 1 heterocycles. The second-order valence-electron chi connectivity index (χ2n) is 11.0. The first-order chi connectivity index (χ1) is 11.3. The molecule has 0 aromatic rings. The first kappa shape index (κ1) is 16.1. The standard InChI is InChI=1S/C22H36O2/c1-20(23)10-8-15-14(12-20)4-5-17-16(15)9-11-21(2)18(17)6-7-19(21)22(3)13-24-22/h14-19,23H,4-13H2,1-3H3/t14-,15+,16-,17-,18+,19+,20-,21+,22?/m1/s1. The molecule has 9 atom stereocenters. The van der Waals surface area contributed by atoms with E-state index in [1.54, 1.807) is 0 Å². The first-order valence-corrected chi connectivity index (χ1v) is 10.7. The van der Waals surface area contributed by atoms with E-state index in [1.165, 1.54) is 44.9 Å². The number of aliphatic hydroxyl groups is 1. The number of ether oxygens (including phenoxy) is 1. The van der Waals surface area contributed by atoms with Gasteiger partial charge in [0, 0.05) is 0 Å². The molecule has 0 radical (unpaired) electrons. The van der Waals surface area contributed by atoms with Crippen molar-refractivity contribution in [3.05, 3.63) is 0 Å². The summed E-state index contributed by atoms with van der Waals surface area (Å²) in [7, 11) is 0. The molecule has 1 N–H and O–H groups in total. The zero-order valence-electron chi connectivity index (χ0n) is 15.9. The summed E-state index contributed by atoms with van der Waals surface area (Å²) in [5.41, 5.74) is 0.379. The van der Waals surface area contributed by atoms with Crippen LogP contribution in [0.4, 0.5) is 0 Å². The van der Waals surface area contributed by atoms with Crippen LogP contribution in [-0.2, 0) is 4.74 Å². The Balaban J connectivity index is 1.38. The molecule has 2 nitrogen and oxygen atoms in total. The number of rotatable bonds is 1. The van der Waals surface area contributed by atoms with Crippen LogP contribution in [0, 0.1) is 40.9 Å². The summed E-state index contributed by atoms with van der Waals surface area (Å²) >= 11 is 0. The molecule has 0 amide bonds. The van der Waals surface area contributed by atoms with Crippen LogP contribution in [0.1, 0.15) is 78.6 Å². The van der Waals surface area contributed by atoms with Crippen molar-refractivity contribution in [1.82, 2.24) is 0 Å². The molecule has 1 saturated heterocycles. The van der Waals surface area contributed by atoms with E-state index in [2.05, 4.69) is 20.8 Å². The van der Waals surface area contributed by atoms with Crippen molar-refractivity contribution in [1.29, 1.82) is 0 Å². The molecular formula is C22H36O2. The highest BCUT2D eigenvalue weighted by Gasteiger charge is 2.63. The normalized spacial score (nSPS) is 62.5. The predicted octanol–water partition coefficient (Wildman–Crippen LogP) is 4.80. The summed E-state index contributed by atoms with van der Waals surface area (Å²) in [5.74, 6) is 5.41. The molecule has 0 spiro atoms. The lowest BCUT2D eigenvalue weighted by molar-refractivity contribution is -0.103. The quantitative estimate of drug-likeness (QED) is 0.700. The molecule has 0 aromatic heterocycles. The fraction of sp³-hybridized carbons (Fsp3) is 1.00. The molecule has 0 bridgehead atoms. The molecule has 5 aliphatic rings. The minimum Gasteiger partial charge on any atom is -0.390 e. The predicted molar refractivity (Wildman–Crippen MR) is 95.6 cm³/mol. The third-order valence-electron chi connectivity index (χ3n) is 9.57. The molecule has 0 aromatic carbocycles. The van der Waals surface area contributed by atoms with Crippen molar-refractivity contribution in [2.45, 2.75) is 89.8 Å². The Labute approximate surface area is 147 Å². The maximum absolute atomic E-state index is 10.5. The monoisotopic (exact) mass is 332 g/mol. The van der Waals surface area contributed by atoms with Gasteiger partial charge in [-0.2, -0.15) is 0 Å². The Hall–Kier alpha value is -0.0800. The van der Waals surface area contributed by atoms with Gasteiger partial charge in [-0.3, -0.25) is 0 Å². The summed E-state index contributed by atoms with van der Waals surface area (Å²) in [6.07, 6.45) is 12.0. The maximum Gasteiger partial charge on any atom is 0.0921 e. The van der Waals surface area contributed by atoms with Crippen molar-refractivity contribution in [3.63, 3.8) is 0 Å². The lowest BCUT2D eigenvalue weighted by atomic mass is 9.48. The van der Waals surface area contributed by atoms with Gasteiger partial charge in [0.25, 0.3) is 0 Å². The van der Waals surface area contributed by atoms with Crippen LogP contribution in [0.5, 0.6) is 0 Å². The van der Waals surface area contributed by atoms with Crippen molar-refractivity contribution in [2.24, 2.45) is 40.9 Å². The second-order valence-corrected chi connectivity index (χ2v) is 11.0. The molecule has 136 valence electrons. The summed E-state index contributed by atoms with van der Waals surface area (Å²) < 4.78 is 5.91. The largest absolute Gasteiger partial charge is 0.390 e. The van der Waals surface area contributed by atoms with Gasteiger partial charge in [-0.05, 0) is 113 Å². The minimum absolute atomic E-state index is 0.219. The topological polar surface area (TPSA) is 32.8 Å². The summed E-state index contributed by atoms with van der Waals surface area (Å²) in [6, 6.07) is 0. The van der Waals surface area contributed by atoms with Crippen LogP contribution >= 0.6 is 0 Å². The molecular weight excluding hydrogens is 296 g/mol. The zero-order valence-corrected chi connectivity index (χ0v) is 15.9. The SMILES string of the molecule is CC1([C@H]2CC[C@H]3[C@@H]4CC[C@@H]5C[C@](C)(O)CC[C@@H]5[C@H]4CC[C@]23C)CO1. The average molecular weight is 333 g/mol. The van der Waals surface area contributed by atoms with E-state index in [9.17, 15) is 5.11 Å². The van der Waals surface area contributed by atoms with E-state index >= 15 is 0 Å². The van der Waals surface area contributed by atoms with E-state index in [1.807, 2.05) is 0 Å². The smallest absolute Gasteiger partial charge is 0.0921 e. The highest BCUT2D eigenvalue weighted by atomic mass is 16.6. The van der Waals surface area contributed by atoms with Crippen LogP contribution < -0.4 is 0 Å². The number of fused-ring (bicyclic) bond motifs is 5. The Morgan fingerprint density at radius 2 is 1.58 bits per heavy atom. The third-order valence-corrected chi connectivity index (χ3v) is 9.57. The third kappa shape index (κ3) is 2.21. The van der Waals surface area contributed by atoms with Gasteiger partial charge in [0.2, 0.25) is 0 Å². The van der Waals surface area contributed by atoms with Crippen molar-refractivity contribution in [3.8, 4) is 0 Å². The summed E-state index contributed by atoms with van der Waals surface area (Å²) in [4.78, 5) is 0. The van der Waals surface area contributed by atoms with Gasteiger partial charge in [0.1, 0.15) is 0 Å². The van der Waals surface area contributed by atoms with E-state index in [-0.39, 0.29) is 11.2 Å². The minimum atomic E-state index is -0.381. The number of hydrogen-bond donors (Lipinski definition) is 1. The molecule has 1 aliphatic heterocycles. The van der Waals surface area contributed by atoms with E-state index in [0.717, 1.165) is 55.0 Å². The van der Waals surface area contributed by atoms with Crippen LogP contribution in [0.25, 0.3) is 0 Å². The van der Waals surface area contributed by atoms with E-state index in [4.69, 9.17) is 4.74 Å². The fourth-order valence-electron chi connectivity index (χ4n) is 8.40. The highest BCUT2D eigenvalue weighted by molar-refractivity contribution is 5.12. The van der Waals surface area contributed by atoms with Crippen molar-refractivity contribution >= 4 is 0 Å². The lowest BCUT2D eigenvalue weighted by Gasteiger charge is -2.57. The van der Waals surface area contributed by atoms with Crippen LogP contribution in [0.15, 0.2) is 0 Å². The molecule has 4 aliphatic carbocycles. The Kier molecular flexibility index (Phi) is 3.36. The van der Waals surface area contributed by atoms with E-state index in [0.29, 0.717) is 5.41 Å². The second kappa shape index (κ2) is 5.00. The number of epoxide rings is 1. The van der Waals surface area contributed by atoms with Crippen LogP contribution in [-0.4, -0.2) is 22.9 Å². The zero-order chi connectivity index (χ0) is 16.7. The molecule has 2 heteroatoms. The van der Waals surface area contributed by atoms with Gasteiger partial charge in [0.15, 0.2) is 0 Å². The Morgan fingerprint density at radius 1 is 0.833 bits per heavy atom. The molecule has 24 heavy (non-hydrogen) atoms. The van der Waals surface area contributed by atoms with Gasteiger partial charge in [-0.25, -0.2) is 0 Å². The number of hydrogen-bond acceptors (Lipinski definition) is 2. The van der Waals surface area contributed by atoms with Gasteiger partial charge >= 0.3 is 0 Å². The van der Waals surface area contributed by atoms with Gasteiger partial charge in [-0.15, -0.1) is 0 Å². The average Bonchev–Trinajstić information content (AvgIpc) is 3.15. The highest BCUT2D eigenvalue weighted by Crippen LogP contribution is 2.67. The molecule has 5 fully saturated rings. The van der Waals surface area contributed by atoms with Crippen molar-refractivity contribution in [2.75, 3.05) is 6.61 Å². The fourth-order valence-corrected chi connectivity index (χ4v) is 8.40. The Bertz CT molecular complexity index is 522. The van der Waals surface area contributed by atoms with Crippen molar-refractivity contribution < 1.29 is 9.84 Å². The van der Waals surface area contributed by atoms with Gasteiger partial charge in [-0.1, -0.05) is 6.92 Å². The maximum atomic E-state index is 10.5. The Morgan fingerprint density at radius 3 is 2.33 bits per heavy atom. The summed E-state index contributed by atoms with van der Waals surface area (Å²) in [6.45, 7) is 8.08. The van der Waals surface area contributed by atoms with Crippen LogP contribution in [0.3, 0.4) is 0 Å². The van der Waals surface area contributed by atoms with Gasteiger partial charge < -0.3 is 9.84 Å². The van der Waals surface area contributed by atoms with Crippen LogP contribution in [0.2, 0.25) is 0 Å². The molecule has 1 unspecified atom stereocenters. The molecule has 5 rings (SSSR count). The lowest BCUT2D eigenvalue weighted by Crippen LogP contribution is -2.51. The summed E-state index contributed by atoms with van der Waals surface area (Å²) in [5, 5.41) is 10.5. The molecule has 4 saturated carbocycles. The van der Waals surface area contributed by atoms with Gasteiger partial charge in [0.05, 0.1) is 17.8 Å². The van der Waals surface area contributed by atoms with E-state index < -0.39 is 0 Å².